The third kappa shape index (κ3) is 4.10. The van der Waals surface area contributed by atoms with Crippen molar-refractivity contribution in [3.8, 4) is 0 Å². The fraction of sp³-hybridized carbons (Fsp3) is 0.765. The number of rotatable bonds is 4. The second kappa shape index (κ2) is 6.13. The van der Waals surface area contributed by atoms with Crippen LogP contribution in [0.2, 0.25) is 0 Å². The Morgan fingerprint density at radius 1 is 1.26 bits per heavy atom. The van der Waals surface area contributed by atoms with E-state index in [1.165, 1.54) is 25.7 Å². The van der Waals surface area contributed by atoms with Crippen LogP contribution in [0.4, 0.5) is 0 Å². The van der Waals surface area contributed by atoms with Gasteiger partial charge in [0.15, 0.2) is 0 Å². The van der Waals surface area contributed by atoms with Crippen LogP contribution in [0.25, 0.3) is 0 Å². The van der Waals surface area contributed by atoms with Gasteiger partial charge in [0.05, 0.1) is 12.3 Å². The second-order valence-corrected chi connectivity index (χ2v) is 7.23. The molecule has 1 saturated carbocycles. The molecule has 1 aromatic rings. The molecule has 1 aliphatic carbocycles. The van der Waals surface area contributed by atoms with E-state index in [-0.39, 0.29) is 0 Å². The first-order valence-electron chi connectivity index (χ1n) is 7.73. The molecule has 2 heteroatoms. The van der Waals surface area contributed by atoms with Crippen molar-refractivity contribution >= 4 is 0 Å². The molecule has 1 N–H and O–H groups in total. The van der Waals surface area contributed by atoms with Gasteiger partial charge >= 0.3 is 0 Å². The van der Waals surface area contributed by atoms with Crippen molar-refractivity contribution in [2.45, 2.75) is 59.4 Å². The highest BCUT2D eigenvalue weighted by atomic mass is 16.3. The highest BCUT2D eigenvalue weighted by Gasteiger charge is 2.29. The molecule has 2 rings (SSSR count). The summed E-state index contributed by atoms with van der Waals surface area (Å²) in [6, 6.07) is 4.34. The molecule has 1 fully saturated rings. The van der Waals surface area contributed by atoms with E-state index in [4.69, 9.17) is 4.42 Å². The van der Waals surface area contributed by atoms with Crippen molar-refractivity contribution in [2.75, 3.05) is 6.54 Å². The van der Waals surface area contributed by atoms with Gasteiger partial charge in [0.1, 0.15) is 5.76 Å². The summed E-state index contributed by atoms with van der Waals surface area (Å²) in [7, 11) is 0. The van der Waals surface area contributed by atoms with E-state index in [2.05, 4.69) is 33.0 Å². The minimum absolute atomic E-state index is 0.329. The predicted octanol–water partition coefficient (Wildman–Crippen LogP) is 4.78. The van der Waals surface area contributed by atoms with Crippen LogP contribution in [0.3, 0.4) is 0 Å². The highest BCUT2D eigenvalue weighted by molar-refractivity contribution is 5.02. The molecular weight excluding hydrogens is 234 g/mol. The lowest BCUT2D eigenvalue weighted by Gasteiger charge is -2.37. The SMILES string of the molecule is C[C@@H](NCC1CCC(C(C)(C)C)CC1)c1ccco1. The van der Waals surface area contributed by atoms with Gasteiger partial charge < -0.3 is 9.73 Å². The summed E-state index contributed by atoms with van der Waals surface area (Å²) in [4.78, 5) is 0. The van der Waals surface area contributed by atoms with Gasteiger partial charge in [0.2, 0.25) is 0 Å². The van der Waals surface area contributed by atoms with Crippen molar-refractivity contribution in [3.63, 3.8) is 0 Å². The molecule has 0 aliphatic heterocycles. The first-order valence-corrected chi connectivity index (χ1v) is 7.73. The molecule has 1 heterocycles. The molecule has 1 atom stereocenters. The predicted molar refractivity (Wildman–Crippen MR) is 80.0 cm³/mol. The average Bonchev–Trinajstić information content (AvgIpc) is 2.89. The van der Waals surface area contributed by atoms with Crippen molar-refractivity contribution in [1.29, 1.82) is 0 Å². The summed E-state index contributed by atoms with van der Waals surface area (Å²) < 4.78 is 5.43. The number of hydrogen-bond acceptors (Lipinski definition) is 2. The Morgan fingerprint density at radius 2 is 1.95 bits per heavy atom. The van der Waals surface area contributed by atoms with Crippen LogP contribution in [0, 0.1) is 17.3 Å². The average molecular weight is 263 g/mol. The third-order valence-corrected chi connectivity index (χ3v) is 4.75. The molecule has 1 aliphatic rings. The van der Waals surface area contributed by atoms with Crippen LogP contribution in [-0.2, 0) is 0 Å². The Balaban J connectivity index is 1.71. The molecule has 0 bridgehead atoms. The van der Waals surface area contributed by atoms with Gasteiger partial charge in [-0.05, 0) is 68.5 Å². The molecule has 1 aromatic heterocycles. The Kier molecular flexibility index (Phi) is 4.72. The molecule has 0 amide bonds. The Morgan fingerprint density at radius 3 is 2.47 bits per heavy atom. The van der Waals surface area contributed by atoms with Crippen LogP contribution < -0.4 is 5.32 Å². The minimum atomic E-state index is 0.329. The maximum atomic E-state index is 5.43. The maximum absolute atomic E-state index is 5.43. The Bertz CT molecular complexity index is 355. The van der Waals surface area contributed by atoms with Crippen LogP contribution in [-0.4, -0.2) is 6.54 Å². The summed E-state index contributed by atoms with van der Waals surface area (Å²) in [6.07, 6.45) is 7.29. The lowest BCUT2D eigenvalue weighted by Crippen LogP contribution is -2.31. The van der Waals surface area contributed by atoms with Crippen molar-refractivity contribution in [1.82, 2.24) is 5.32 Å². The van der Waals surface area contributed by atoms with Crippen molar-refractivity contribution in [2.24, 2.45) is 17.3 Å². The molecule has 0 radical (unpaired) electrons. The molecule has 0 spiro atoms. The Labute approximate surface area is 118 Å². The van der Waals surface area contributed by atoms with Crippen molar-refractivity contribution in [3.05, 3.63) is 24.2 Å². The standard InChI is InChI=1S/C17H29NO/c1-13(16-6-5-11-19-16)18-12-14-7-9-15(10-8-14)17(2,3)4/h5-6,11,13-15,18H,7-10,12H2,1-4H3/t13-,14?,15?/m1/s1. The quantitative estimate of drug-likeness (QED) is 0.845. The third-order valence-electron chi connectivity index (χ3n) is 4.75. The van der Waals surface area contributed by atoms with Crippen LogP contribution in [0.1, 0.15) is 65.2 Å². The molecular formula is C17H29NO. The number of furan rings is 1. The maximum Gasteiger partial charge on any atom is 0.120 e. The fourth-order valence-corrected chi connectivity index (χ4v) is 3.21. The summed E-state index contributed by atoms with van der Waals surface area (Å²) >= 11 is 0. The summed E-state index contributed by atoms with van der Waals surface area (Å²) in [5.74, 6) is 2.80. The highest BCUT2D eigenvalue weighted by Crippen LogP contribution is 2.39. The monoisotopic (exact) mass is 263 g/mol. The minimum Gasteiger partial charge on any atom is -0.468 e. The number of nitrogens with one attached hydrogen (secondary N) is 1. The topological polar surface area (TPSA) is 25.2 Å². The van der Waals surface area contributed by atoms with Gasteiger partial charge in [-0.3, -0.25) is 0 Å². The summed E-state index contributed by atoms with van der Waals surface area (Å²) in [5.41, 5.74) is 0.486. The van der Waals surface area contributed by atoms with E-state index in [0.29, 0.717) is 11.5 Å². The largest absolute Gasteiger partial charge is 0.468 e. The first-order chi connectivity index (χ1) is 8.97. The van der Waals surface area contributed by atoms with E-state index < -0.39 is 0 Å². The van der Waals surface area contributed by atoms with Crippen LogP contribution >= 0.6 is 0 Å². The zero-order chi connectivity index (χ0) is 13.9. The molecule has 0 aromatic carbocycles. The number of hydrogen-bond donors (Lipinski definition) is 1. The van der Waals surface area contributed by atoms with Gasteiger partial charge in [0.25, 0.3) is 0 Å². The molecule has 19 heavy (non-hydrogen) atoms. The molecule has 2 nitrogen and oxygen atoms in total. The van der Waals surface area contributed by atoms with Gasteiger partial charge in [-0.25, -0.2) is 0 Å². The van der Waals surface area contributed by atoms with Gasteiger partial charge in [-0.15, -0.1) is 0 Å². The molecule has 0 saturated heterocycles. The smallest absolute Gasteiger partial charge is 0.120 e. The molecule has 0 unspecified atom stereocenters. The second-order valence-electron chi connectivity index (χ2n) is 7.23. The summed E-state index contributed by atoms with van der Waals surface area (Å²) in [5, 5.41) is 3.61. The first kappa shape index (κ1) is 14.6. The lowest BCUT2D eigenvalue weighted by molar-refractivity contribution is 0.147. The van der Waals surface area contributed by atoms with Gasteiger partial charge in [0, 0.05) is 0 Å². The fourth-order valence-electron chi connectivity index (χ4n) is 3.21. The summed E-state index contributed by atoms with van der Waals surface area (Å²) in [6.45, 7) is 10.5. The normalized spacial score (nSPS) is 26.3. The zero-order valence-corrected chi connectivity index (χ0v) is 12.9. The van der Waals surface area contributed by atoms with E-state index in [0.717, 1.165) is 24.1 Å². The van der Waals surface area contributed by atoms with Crippen LogP contribution in [0.5, 0.6) is 0 Å². The van der Waals surface area contributed by atoms with E-state index >= 15 is 0 Å². The van der Waals surface area contributed by atoms with E-state index in [9.17, 15) is 0 Å². The van der Waals surface area contributed by atoms with E-state index in [1.54, 1.807) is 6.26 Å². The van der Waals surface area contributed by atoms with Gasteiger partial charge in [-0.1, -0.05) is 20.8 Å². The molecule has 108 valence electrons. The van der Waals surface area contributed by atoms with Crippen LogP contribution in [0.15, 0.2) is 22.8 Å². The zero-order valence-electron chi connectivity index (χ0n) is 12.9. The lowest BCUT2D eigenvalue weighted by atomic mass is 9.70. The van der Waals surface area contributed by atoms with E-state index in [1.807, 2.05) is 12.1 Å². The Hall–Kier alpha value is -0.760. The van der Waals surface area contributed by atoms with Crippen molar-refractivity contribution < 1.29 is 4.42 Å². The van der Waals surface area contributed by atoms with Gasteiger partial charge in [-0.2, -0.15) is 0 Å².